The zero-order valence-electron chi connectivity index (χ0n) is 12.1. The molecule has 0 spiro atoms. The number of nitrogen functional groups attached to an aromatic ring is 1. The Labute approximate surface area is 111 Å². The van der Waals surface area contributed by atoms with Gasteiger partial charge in [-0.2, -0.15) is 0 Å². The molecule has 18 heavy (non-hydrogen) atoms. The van der Waals surface area contributed by atoms with Gasteiger partial charge in [-0.1, -0.05) is 26.8 Å². The Morgan fingerprint density at radius 2 is 1.89 bits per heavy atom. The van der Waals surface area contributed by atoms with Gasteiger partial charge in [0, 0.05) is 5.69 Å². The van der Waals surface area contributed by atoms with Crippen molar-refractivity contribution in [2.45, 2.75) is 52.1 Å². The van der Waals surface area contributed by atoms with E-state index in [1.807, 2.05) is 18.2 Å². The fourth-order valence-electron chi connectivity index (χ4n) is 1.36. The molecule has 102 valence electrons. The van der Waals surface area contributed by atoms with Crippen LogP contribution in [0.4, 0.5) is 5.69 Å². The van der Waals surface area contributed by atoms with Crippen molar-refractivity contribution in [3.8, 4) is 0 Å². The average molecular weight is 267 g/mol. The monoisotopic (exact) mass is 267 g/mol. The van der Waals surface area contributed by atoms with Crippen molar-refractivity contribution in [1.82, 2.24) is 0 Å². The van der Waals surface area contributed by atoms with Gasteiger partial charge in [-0.05, 0) is 41.4 Å². The first-order valence-electron chi connectivity index (χ1n) is 6.29. The second-order valence-corrected chi connectivity index (χ2v) is 11.0. The number of aliphatic hydroxyl groups is 1. The van der Waals surface area contributed by atoms with Gasteiger partial charge in [0.1, 0.15) is 0 Å². The van der Waals surface area contributed by atoms with Crippen molar-refractivity contribution in [1.29, 1.82) is 0 Å². The fraction of sp³-hybridized carbons (Fsp3) is 0.571. The lowest BCUT2D eigenvalue weighted by Crippen LogP contribution is -2.40. The van der Waals surface area contributed by atoms with Crippen LogP contribution in [0.5, 0.6) is 0 Å². The van der Waals surface area contributed by atoms with Crippen LogP contribution in [0.1, 0.15) is 31.9 Å². The molecular weight excluding hydrogens is 242 g/mol. The quantitative estimate of drug-likeness (QED) is 0.650. The normalized spacial score (nSPS) is 12.8. The summed E-state index contributed by atoms with van der Waals surface area (Å²) in [5.74, 6) is 0. The van der Waals surface area contributed by atoms with E-state index in [9.17, 15) is 0 Å². The Balaban J connectivity index is 2.80. The van der Waals surface area contributed by atoms with Crippen LogP contribution >= 0.6 is 0 Å². The first kappa shape index (κ1) is 15.2. The van der Waals surface area contributed by atoms with Gasteiger partial charge in [0.2, 0.25) is 0 Å². The van der Waals surface area contributed by atoms with Gasteiger partial charge < -0.3 is 15.3 Å². The van der Waals surface area contributed by atoms with E-state index in [2.05, 4.69) is 33.9 Å². The van der Waals surface area contributed by atoms with Crippen molar-refractivity contribution in [3.05, 3.63) is 29.3 Å². The smallest absolute Gasteiger partial charge is 0.192 e. The van der Waals surface area contributed by atoms with Crippen LogP contribution in [-0.2, 0) is 17.6 Å². The fourth-order valence-corrected chi connectivity index (χ4v) is 2.31. The predicted octanol–water partition coefficient (Wildman–Crippen LogP) is 3.28. The summed E-state index contributed by atoms with van der Waals surface area (Å²) < 4.78 is 6.14. The van der Waals surface area contributed by atoms with Crippen LogP contribution in [0.2, 0.25) is 18.1 Å². The summed E-state index contributed by atoms with van der Waals surface area (Å²) in [5, 5.41) is 9.33. The second-order valence-electron chi connectivity index (χ2n) is 6.24. The molecule has 0 fully saturated rings. The van der Waals surface area contributed by atoms with E-state index < -0.39 is 8.32 Å². The molecule has 0 aliphatic heterocycles. The third kappa shape index (κ3) is 3.57. The number of nitrogens with two attached hydrogens (primary N) is 1. The molecule has 0 aliphatic carbocycles. The minimum Gasteiger partial charge on any atom is -0.412 e. The van der Waals surface area contributed by atoms with Gasteiger partial charge in [0.25, 0.3) is 0 Å². The summed E-state index contributed by atoms with van der Waals surface area (Å²) in [4.78, 5) is 0. The van der Waals surface area contributed by atoms with Crippen molar-refractivity contribution in [3.63, 3.8) is 0 Å². The van der Waals surface area contributed by atoms with E-state index in [0.29, 0.717) is 6.61 Å². The summed E-state index contributed by atoms with van der Waals surface area (Å²) in [6.07, 6.45) is 0. The van der Waals surface area contributed by atoms with E-state index in [1.54, 1.807) is 0 Å². The highest BCUT2D eigenvalue weighted by Crippen LogP contribution is 2.37. The van der Waals surface area contributed by atoms with E-state index >= 15 is 0 Å². The van der Waals surface area contributed by atoms with Gasteiger partial charge in [0.05, 0.1) is 13.2 Å². The maximum Gasteiger partial charge on any atom is 0.192 e. The standard InChI is InChI=1S/C14H25NO2Si/c1-14(2,3)18(4,5)17-10-12-8-11(9-16)6-7-13(12)15/h6-8,16H,9-10,15H2,1-5H3. The zero-order valence-corrected chi connectivity index (χ0v) is 13.1. The highest BCUT2D eigenvalue weighted by atomic mass is 28.4. The molecule has 3 nitrogen and oxygen atoms in total. The largest absolute Gasteiger partial charge is 0.412 e. The van der Waals surface area contributed by atoms with E-state index in [1.165, 1.54) is 0 Å². The molecule has 3 N–H and O–H groups in total. The minimum atomic E-state index is -1.76. The number of anilines is 1. The van der Waals surface area contributed by atoms with Crippen molar-refractivity contribution in [2.75, 3.05) is 5.73 Å². The maximum absolute atomic E-state index is 9.14. The summed E-state index contributed by atoms with van der Waals surface area (Å²) in [6.45, 7) is 11.6. The molecular formula is C14H25NO2Si. The molecule has 0 saturated heterocycles. The lowest BCUT2D eigenvalue weighted by atomic mass is 10.1. The molecule has 4 heteroatoms. The van der Waals surface area contributed by atoms with Gasteiger partial charge in [-0.15, -0.1) is 0 Å². The Morgan fingerprint density at radius 3 is 2.39 bits per heavy atom. The van der Waals surface area contributed by atoms with E-state index in [-0.39, 0.29) is 11.6 Å². The van der Waals surface area contributed by atoms with Crippen LogP contribution in [-0.4, -0.2) is 13.4 Å². The van der Waals surface area contributed by atoms with Crippen LogP contribution < -0.4 is 5.73 Å². The third-order valence-corrected chi connectivity index (χ3v) is 8.26. The van der Waals surface area contributed by atoms with Crippen molar-refractivity contribution >= 4 is 14.0 Å². The highest BCUT2D eigenvalue weighted by molar-refractivity contribution is 6.74. The average Bonchev–Trinajstić information content (AvgIpc) is 2.26. The molecule has 0 heterocycles. The molecule has 1 aromatic rings. The minimum absolute atomic E-state index is 0.0351. The van der Waals surface area contributed by atoms with Crippen LogP contribution in [0.3, 0.4) is 0 Å². The number of benzene rings is 1. The highest BCUT2D eigenvalue weighted by Gasteiger charge is 2.37. The topological polar surface area (TPSA) is 55.5 Å². The molecule has 0 amide bonds. The predicted molar refractivity (Wildman–Crippen MR) is 78.8 cm³/mol. The summed E-state index contributed by atoms with van der Waals surface area (Å²) in [6, 6.07) is 5.59. The molecule has 1 rings (SSSR count). The van der Waals surface area contributed by atoms with Crippen molar-refractivity contribution < 1.29 is 9.53 Å². The Bertz CT molecular complexity index is 411. The first-order valence-corrected chi connectivity index (χ1v) is 9.20. The summed E-state index contributed by atoms with van der Waals surface area (Å²) in [7, 11) is -1.76. The van der Waals surface area contributed by atoms with Gasteiger partial charge in [-0.3, -0.25) is 0 Å². The van der Waals surface area contributed by atoms with Crippen LogP contribution in [0.25, 0.3) is 0 Å². The number of rotatable bonds is 4. The zero-order chi connectivity index (χ0) is 14.0. The van der Waals surface area contributed by atoms with E-state index in [4.69, 9.17) is 15.3 Å². The molecule has 0 saturated carbocycles. The SMILES string of the molecule is CC(C)(C)[Si](C)(C)OCc1cc(CO)ccc1N. The van der Waals surface area contributed by atoms with E-state index in [0.717, 1.165) is 16.8 Å². The van der Waals surface area contributed by atoms with Gasteiger partial charge >= 0.3 is 0 Å². The number of hydrogen-bond acceptors (Lipinski definition) is 3. The van der Waals surface area contributed by atoms with Gasteiger partial charge in [-0.25, -0.2) is 0 Å². The summed E-state index contributed by atoms with van der Waals surface area (Å²) >= 11 is 0. The number of hydrogen-bond donors (Lipinski definition) is 2. The van der Waals surface area contributed by atoms with Gasteiger partial charge in [0.15, 0.2) is 8.32 Å². The molecule has 0 atom stereocenters. The van der Waals surface area contributed by atoms with Crippen LogP contribution in [0, 0.1) is 0 Å². The Hall–Kier alpha value is -0.843. The molecule has 1 aromatic carbocycles. The maximum atomic E-state index is 9.14. The lowest BCUT2D eigenvalue weighted by Gasteiger charge is -2.36. The first-order chi connectivity index (χ1) is 8.17. The van der Waals surface area contributed by atoms with Crippen molar-refractivity contribution in [2.24, 2.45) is 0 Å². The molecule has 0 bridgehead atoms. The van der Waals surface area contributed by atoms with Crippen LogP contribution in [0.15, 0.2) is 18.2 Å². The third-order valence-electron chi connectivity index (χ3n) is 3.78. The molecule has 0 unspecified atom stereocenters. The summed E-state index contributed by atoms with van der Waals surface area (Å²) in [5.41, 5.74) is 8.50. The Morgan fingerprint density at radius 1 is 1.28 bits per heavy atom. The lowest BCUT2D eigenvalue weighted by molar-refractivity contribution is 0.273. The number of aliphatic hydroxyl groups excluding tert-OH is 1. The molecule has 0 aliphatic rings. The molecule has 0 aromatic heterocycles. The Kier molecular flexibility index (Phi) is 4.59. The second kappa shape index (κ2) is 5.43. The molecule has 0 radical (unpaired) electrons.